The van der Waals surface area contributed by atoms with E-state index in [2.05, 4.69) is 35.6 Å². The lowest BCUT2D eigenvalue weighted by Crippen LogP contribution is -2.30. The number of imidazole rings is 1. The number of likely N-dealkylation sites (N-methyl/N-ethyl adjacent to an activating group) is 1. The Kier molecular flexibility index (Phi) is 4.10. The predicted molar refractivity (Wildman–Crippen MR) is 58.1 cm³/mol. The molecule has 0 saturated carbocycles. The molecular weight excluding hydrogens is 176 g/mol. The molecule has 80 valence electrons. The highest BCUT2D eigenvalue weighted by molar-refractivity contribution is 5.07. The number of hydrogen-bond donors (Lipinski definition) is 2. The molecule has 0 fully saturated rings. The van der Waals surface area contributed by atoms with E-state index in [0.29, 0.717) is 12.6 Å². The molecular formula is C10H20N4. The molecule has 1 aromatic rings. The Morgan fingerprint density at radius 3 is 2.79 bits per heavy atom. The van der Waals surface area contributed by atoms with E-state index in [-0.39, 0.29) is 6.04 Å². The Balaban J connectivity index is 2.86. The van der Waals surface area contributed by atoms with Gasteiger partial charge in [-0.25, -0.2) is 4.98 Å². The first kappa shape index (κ1) is 11.2. The molecule has 0 saturated heterocycles. The van der Waals surface area contributed by atoms with Gasteiger partial charge in [-0.15, -0.1) is 0 Å². The number of nitrogens with zero attached hydrogens (tertiary/aromatic N) is 2. The van der Waals surface area contributed by atoms with E-state index in [1.165, 1.54) is 5.69 Å². The minimum atomic E-state index is 0.213. The van der Waals surface area contributed by atoms with Crippen LogP contribution in [-0.2, 0) is 0 Å². The molecule has 0 bridgehead atoms. The van der Waals surface area contributed by atoms with Crippen molar-refractivity contribution in [1.29, 1.82) is 0 Å². The third kappa shape index (κ3) is 2.33. The van der Waals surface area contributed by atoms with Crippen LogP contribution in [0.25, 0.3) is 0 Å². The molecule has 3 N–H and O–H groups in total. The fourth-order valence-electron chi connectivity index (χ4n) is 1.57. The summed E-state index contributed by atoms with van der Waals surface area (Å²) in [6.07, 6.45) is 3.75. The first-order valence-electron chi connectivity index (χ1n) is 5.15. The Hall–Kier alpha value is -0.870. The summed E-state index contributed by atoms with van der Waals surface area (Å²) in [5.74, 6) is 0. The van der Waals surface area contributed by atoms with E-state index >= 15 is 0 Å². The van der Waals surface area contributed by atoms with Gasteiger partial charge in [-0.3, -0.25) is 0 Å². The number of rotatable bonds is 5. The van der Waals surface area contributed by atoms with Crippen LogP contribution in [0.5, 0.6) is 0 Å². The van der Waals surface area contributed by atoms with Crippen LogP contribution in [-0.4, -0.2) is 22.6 Å². The Morgan fingerprint density at radius 1 is 1.57 bits per heavy atom. The summed E-state index contributed by atoms with van der Waals surface area (Å²) in [6.45, 7) is 7.89. The lowest BCUT2D eigenvalue weighted by molar-refractivity contribution is 0.488. The van der Waals surface area contributed by atoms with Crippen LogP contribution in [0, 0.1) is 0 Å². The van der Waals surface area contributed by atoms with Crippen LogP contribution in [0.4, 0.5) is 0 Å². The van der Waals surface area contributed by atoms with Crippen molar-refractivity contribution in [3.05, 3.63) is 18.2 Å². The fourth-order valence-corrected chi connectivity index (χ4v) is 1.57. The molecule has 1 aromatic heterocycles. The number of hydrogen-bond acceptors (Lipinski definition) is 3. The Morgan fingerprint density at radius 2 is 2.29 bits per heavy atom. The monoisotopic (exact) mass is 196 g/mol. The van der Waals surface area contributed by atoms with Gasteiger partial charge in [0.1, 0.15) is 0 Å². The highest BCUT2D eigenvalue weighted by Gasteiger charge is 2.14. The van der Waals surface area contributed by atoms with Crippen LogP contribution < -0.4 is 11.1 Å². The largest absolute Gasteiger partial charge is 0.331 e. The van der Waals surface area contributed by atoms with Crippen molar-refractivity contribution in [3.8, 4) is 0 Å². The zero-order valence-electron chi connectivity index (χ0n) is 9.20. The third-order valence-electron chi connectivity index (χ3n) is 2.30. The summed E-state index contributed by atoms with van der Waals surface area (Å²) in [4.78, 5) is 4.16. The van der Waals surface area contributed by atoms with E-state index in [0.717, 1.165) is 6.54 Å². The number of aromatic nitrogens is 2. The molecule has 0 radical (unpaired) electrons. The maximum absolute atomic E-state index is 5.72. The van der Waals surface area contributed by atoms with Crippen molar-refractivity contribution < 1.29 is 0 Å². The van der Waals surface area contributed by atoms with Crippen molar-refractivity contribution in [2.45, 2.75) is 32.9 Å². The molecule has 0 aliphatic carbocycles. The molecule has 0 aliphatic rings. The van der Waals surface area contributed by atoms with Gasteiger partial charge in [-0.1, -0.05) is 6.92 Å². The first-order valence-corrected chi connectivity index (χ1v) is 5.15. The molecule has 0 amide bonds. The van der Waals surface area contributed by atoms with Crippen LogP contribution in [0.15, 0.2) is 12.5 Å². The quantitative estimate of drug-likeness (QED) is 0.740. The van der Waals surface area contributed by atoms with E-state index < -0.39 is 0 Å². The van der Waals surface area contributed by atoms with Gasteiger partial charge in [0.15, 0.2) is 0 Å². The zero-order valence-corrected chi connectivity index (χ0v) is 9.20. The van der Waals surface area contributed by atoms with E-state index in [1.807, 2.05) is 12.5 Å². The van der Waals surface area contributed by atoms with E-state index in [4.69, 9.17) is 5.73 Å². The van der Waals surface area contributed by atoms with Crippen LogP contribution in [0.3, 0.4) is 0 Å². The maximum Gasteiger partial charge on any atom is 0.0951 e. The highest BCUT2D eigenvalue weighted by atomic mass is 15.1. The van der Waals surface area contributed by atoms with Crippen molar-refractivity contribution in [3.63, 3.8) is 0 Å². The fraction of sp³-hybridized carbons (Fsp3) is 0.700. The summed E-state index contributed by atoms with van der Waals surface area (Å²) < 4.78 is 2.15. The van der Waals surface area contributed by atoms with Crippen molar-refractivity contribution >= 4 is 0 Å². The molecule has 0 aliphatic heterocycles. The summed E-state index contributed by atoms with van der Waals surface area (Å²) >= 11 is 0. The van der Waals surface area contributed by atoms with Crippen molar-refractivity contribution in [1.82, 2.24) is 14.9 Å². The highest BCUT2D eigenvalue weighted by Crippen LogP contribution is 2.15. The minimum absolute atomic E-state index is 0.213. The predicted octanol–water partition coefficient (Wildman–Crippen LogP) is 1.07. The molecule has 1 atom stereocenters. The van der Waals surface area contributed by atoms with Gasteiger partial charge in [-0.2, -0.15) is 0 Å². The zero-order chi connectivity index (χ0) is 10.6. The second-order valence-corrected chi connectivity index (χ2v) is 3.67. The van der Waals surface area contributed by atoms with Crippen molar-refractivity contribution in [2.24, 2.45) is 5.73 Å². The number of nitrogens with one attached hydrogen (secondary N) is 1. The SMILES string of the molecule is CCNC(CN)c1cncn1C(C)C. The molecule has 0 spiro atoms. The van der Waals surface area contributed by atoms with Gasteiger partial charge in [0.2, 0.25) is 0 Å². The molecule has 0 aromatic carbocycles. The van der Waals surface area contributed by atoms with Gasteiger partial charge in [0.05, 0.1) is 18.1 Å². The molecule has 4 heteroatoms. The van der Waals surface area contributed by atoms with Gasteiger partial charge in [0, 0.05) is 18.8 Å². The summed E-state index contributed by atoms with van der Waals surface area (Å²) in [6, 6.07) is 0.644. The number of nitrogens with two attached hydrogens (primary N) is 1. The lowest BCUT2D eigenvalue weighted by atomic mass is 10.2. The van der Waals surface area contributed by atoms with Gasteiger partial charge < -0.3 is 15.6 Å². The summed E-state index contributed by atoms with van der Waals surface area (Å²) in [5, 5.41) is 3.34. The van der Waals surface area contributed by atoms with Gasteiger partial charge in [-0.05, 0) is 20.4 Å². The Bertz CT molecular complexity index is 267. The smallest absolute Gasteiger partial charge is 0.0951 e. The summed E-state index contributed by atoms with van der Waals surface area (Å²) in [5.41, 5.74) is 6.89. The second kappa shape index (κ2) is 5.12. The maximum atomic E-state index is 5.72. The third-order valence-corrected chi connectivity index (χ3v) is 2.30. The van der Waals surface area contributed by atoms with Crippen LogP contribution >= 0.6 is 0 Å². The average molecular weight is 196 g/mol. The van der Waals surface area contributed by atoms with Gasteiger partial charge >= 0.3 is 0 Å². The van der Waals surface area contributed by atoms with Crippen molar-refractivity contribution in [2.75, 3.05) is 13.1 Å². The van der Waals surface area contributed by atoms with Gasteiger partial charge in [0.25, 0.3) is 0 Å². The van der Waals surface area contributed by atoms with Crippen LogP contribution in [0.2, 0.25) is 0 Å². The standard InChI is InChI=1S/C10H20N4/c1-4-13-9(5-11)10-6-12-7-14(10)8(2)3/h6-9,13H,4-5,11H2,1-3H3. The summed E-state index contributed by atoms with van der Waals surface area (Å²) in [7, 11) is 0. The molecule has 1 heterocycles. The van der Waals surface area contributed by atoms with E-state index in [9.17, 15) is 0 Å². The minimum Gasteiger partial charge on any atom is -0.331 e. The topological polar surface area (TPSA) is 55.9 Å². The molecule has 14 heavy (non-hydrogen) atoms. The first-order chi connectivity index (χ1) is 6.70. The Labute approximate surface area is 85.5 Å². The molecule has 4 nitrogen and oxygen atoms in total. The van der Waals surface area contributed by atoms with E-state index in [1.54, 1.807) is 0 Å². The second-order valence-electron chi connectivity index (χ2n) is 3.67. The van der Waals surface area contributed by atoms with Crippen LogP contribution in [0.1, 0.15) is 38.5 Å². The molecule has 1 unspecified atom stereocenters. The normalized spacial score (nSPS) is 13.5. The average Bonchev–Trinajstić information content (AvgIpc) is 2.62. The lowest BCUT2D eigenvalue weighted by Gasteiger charge is -2.19. The molecule has 1 rings (SSSR count).